The summed E-state index contributed by atoms with van der Waals surface area (Å²) >= 11 is 5.30. The number of rotatable bonds is 12. The van der Waals surface area contributed by atoms with Crippen LogP contribution >= 0.6 is 12.2 Å². The van der Waals surface area contributed by atoms with E-state index in [4.69, 9.17) is 31.2 Å². The molecule has 3 N–H and O–H groups in total. The minimum atomic E-state index is -0.614. The summed E-state index contributed by atoms with van der Waals surface area (Å²) in [5.74, 6) is 0.690. The lowest BCUT2D eigenvalue weighted by Crippen LogP contribution is -2.45. The summed E-state index contributed by atoms with van der Waals surface area (Å²) < 4.78 is 22.3. The number of amides is 1. The van der Waals surface area contributed by atoms with Gasteiger partial charge in [-0.05, 0) is 69.2 Å². The Morgan fingerprint density at radius 2 is 1.92 bits per heavy atom. The highest BCUT2D eigenvalue weighted by Gasteiger charge is 2.32. The monoisotopic (exact) mass is 554 g/mol. The molecule has 3 rings (SSSR count). The van der Waals surface area contributed by atoms with Crippen molar-refractivity contribution < 1.29 is 28.5 Å². The fraction of sp³-hybridized carbons (Fsp3) is 0.357. The van der Waals surface area contributed by atoms with Crippen LogP contribution in [0.3, 0.4) is 0 Å². The molecule has 208 valence electrons. The van der Waals surface area contributed by atoms with Crippen molar-refractivity contribution in [3.63, 3.8) is 0 Å². The summed E-state index contributed by atoms with van der Waals surface area (Å²) in [5.41, 5.74) is 4.77. The van der Waals surface area contributed by atoms with E-state index in [0.29, 0.717) is 39.2 Å². The number of carbonyl (C=O) groups is 2. The Hall–Kier alpha value is -4.12. The second-order valence-corrected chi connectivity index (χ2v) is 9.07. The van der Waals surface area contributed by atoms with Crippen LogP contribution in [0.2, 0.25) is 0 Å². The van der Waals surface area contributed by atoms with Crippen LogP contribution in [0.15, 0.2) is 58.8 Å². The number of esters is 1. The molecule has 2 atom stereocenters. The summed E-state index contributed by atoms with van der Waals surface area (Å²) in [6.45, 7) is 7.45. The van der Waals surface area contributed by atoms with E-state index in [0.717, 1.165) is 12.0 Å². The standard InChI is InChI=1S/C28H34N4O6S/c1-6-17(3)38-22-13-12-19(14-23(22)35-5)15-29-32-24(33)16-37-21-11-9-8-10-20(21)26-25(27(34)36-7-2)18(4)30-28(39)31-26/h8-15,17,26H,6-7,16H2,1-5H3,(H,32,33)(H2,30,31,39)/t17-,26-/m0/s1. The number of allylic oxidation sites excluding steroid dienone is 1. The zero-order valence-corrected chi connectivity index (χ0v) is 23.5. The highest BCUT2D eigenvalue weighted by molar-refractivity contribution is 7.80. The number of benzene rings is 2. The van der Waals surface area contributed by atoms with Gasteiger partial charge in [-0.2, -0.15) is 5.10 Å². The van der Waals surface area contributed by atoms with Crippen LogP contribution in [0.4, 0.5) is 0 Å². The van der Waals surface area contributed by atoms with Gasteiger partial charge in [-0.1, -0.05) is 25.1 Å². The maximum Gasteiger partial charge on any atom is 0.338 e. The first kappa shape index (κ1) is 29.4. The third kappa shape index (κ3) is 7.93. The predicted molar refractivity (Wildman–Crippen MR) is 152 cm³/mol. The molecule has 10 nitrogen and oxygen atoms in total. The number of hydrogen-bond donors (Lipinski definition) is 3. The highest BCUT2D eigenvalue weighted by Crippen LogP contribution is 2.33. The molecule has 0 unspecified atom stereocenters. The molecule has 0 radical (unpaired) electrons. The van der Waals surface area contributed by atoms with Gasteiger partial charge in [0.1, 0.15) is 5.75 Å². The Labute approximate surface area is 233 Å². The third-order valence-electron chi connectivity index (χ3n) is 5.85. The molecule has 39 heavy (non-hydrogen) atoms. The van der Waals surface area contributed by atoms with Gasteiger partial charge in [0, 0.05) is 11.3 Å². The SMILES string of the molecule is CCOC(=O)C1=C(C)NC(=S)N[C@H]1c1ccccc1OCC(=O)NN=Cc1ccc(O[C@@H](C)CC)c(OC)c1. The minimum Gasteiger partial charge on any atom is -0.493 e. The number of hydrogen-bond acceptors (Lipinski definition) is 8. The van der Waals surface area contributed by atoms with Gasteiger partial charge >= 0.3 is 5.97 Å². The molecule has 1 heterocycles. The van der Waals surface area contributed by atoms with Crippen molar-refractivity contribution >= 4 is 35.4 Å². The van der Waals surface area contributed by atoms with Crippen LogP contribution in [-0.4, -0.2) is 49.6 Å². The van der Waals surface area contributed by atoms with Crippen molar-refractivity contribution in [3.8, 4) is 17.2 Å². The Kier molecular flexibility index (Phi) is 10.7. The largest absolute Gasteiger partial charge is 0.493 e. The molecule has 1 aliphatic rings. The Morgan fingerprint density at radius 1 is 1.15 bits per heavy atom. The second kappa shape index (κ2) is 14.1. The van der Waals surface area contributed by atoms with Crippen molar-refractivity contribution in [1.82, 2.24) is 16.1 Å². The van der Waals surface area contributed by atoms with E-state index < -0.39 is 17.9 Å². The summed E-state index contributed by atoms with van der Waals surface area (Å²) in [4.78, 5) is 25.2. The van der Waals surface area contributed by atoms with E-state index in [-0.39, 0.29) is 19.3 Å². The fourth-order valence-corrected chi connectivity index (χ4v) is 4.04. The molecule has 11 heteroatoms. The Bertz CT molecular complexity index is 1260. The Morgan fingerprint density at radius 3 is 2.64 bits per heavy atom. The van der Waals surface area contributed by atoms with Crippen LogP contribution in [-0.2, 0) is 14.3 Å². The lowest BCUT2D eigenvalue weighted by Gasteiger charge is -2.30. The summed E-state index contributed by atoms with van der Waals surface area (Å²) in [7, 11) is 1.57. The van der Waals surface area contributed by atoms with Crippen LogP contribution in [0.5, 0.6) is 17.2 Å². The molecule has 0 saturated heterocycles. The quantitative estimate of drug-likeness (QED) is 0.156. The van der Waals surface area contributed by atoms with Crippen molar-refractivity contribution in [2.45, 2.75) is 46.3 Å². The van der Waals surface area contributed by atoms with E-state index in [9.17, 15) is 9.59 Å². The lowest BCUT2D eigenvalue weighted by atomic mass is 9.95. The van der Waals surface area contributed by atoms with Gasteiger partial charge in [0.2, 0.25) is 0 Å². The molecule has 0 saturated carbocycles. The molecule has 0 aliphatic carbocycles. The second-order valence-electron chi connectivity index (χ2n) is 8.66. The van der Waals surface area contributed by atoms with Crippen LogP contribution in [0.1, 0.15) is 51.3 Å². The van der Waals surface area contributed by atoms with Gasteiger partial charge in [-0.3, -0.25) is 4.79 Å². The van der Waals surface area contributed by atoms with E-state index in [2.05, 4.69) is 21.2 Å². The smallest absolute Gasteiger partial charge is 0.338 e. The molecular formula is C28H34N4O6S. The molecule has 0 spiro atoms. The maximum absolute atomic E-state index is 12.7. The number of nitrogens with zero attached hydrogens (tertiary/aromatic N) is 1. The van der Waals surface area contributed by atoms with Crippen molar-refractivity contribution in [3.05, 3.63) is 64.9 Å². The number of carbonyl (C=O) groups excluding carboxylic acids is 2. The number of thiocarbonyl (C=S) groups is 1. The van der Waals surface area contributed by atoms with Gasteiger partial charge in [-0.15, -0.1) is 0 Å². The molecule has 1 aliphatic heterocycles. The van der Waals surface area contributed by atoms with Gasteiger partial charge in [-0.25, -0.2) is 10.2 Å². The lowest BCUT2D eigenvalue weighted by molar-refractivity contribution is -0.139. The van der Waals surface area contributed by atoms with Gasteiger partial charge in [0.25, 0.3) is 5.91 Å². The van der Waals surface area contributed by atoms with E-state index in [1.54, 1.807) is 51.3 Å². The molecule has 2 aromatic rings. The number of methoxy groups -OCH3 is 1. The molecule has 2 aromatic carbocycles. The molecular weight excluding hydrogens is 520 g/mol. The van der Waals surface area contributed by atoms with Crippen molar-refractivity contribution in [2.75, 3.05) is 20.3 Å². The van der Waals surface area contributed by atoms with Gasteiger partial charge in [0.15, 0.2) is 23.2 Å². The maximum atomic E-state index is 12.7. The number of nitrogens with one attached hydrogen (secondary N) is 3. The first-order chi connectivity index (χ1) is 18.8. The third-order valence-corrected chi connectivity index (χ3v) is 6.07. The predicted octanol–water partition coefficient (Wildman–Crippen LogP) is 3.76. The summed E-state index contributed by atoms with van der Waals surface area (Å²) in [6, 6.07) is 11.9. The average molecular weight is 555 g/mol. The fourth-order valence-electron chi connectivity index (χ4n) is 3.77. The molecule has 0 fully saturated rings. The molecule has 0 aromatic heterocycles. The van der Waals surface area contributed by atoms with E-state index in [1.165, 1.54) is 6.21 Å². The number of para-hydroxylation sites is 1. The van der Waals surface area contributed by atoms with Crippen molar-refractivity contribution in [2.24, 2.45) is 5.10 Å². The van der Waals surface area contributed by atoms with Gasteiger partial charge < -0.3 is 29.6 Å². The molecule has 0 bridgehead atoms. The summed E-state index contributed by atoms with van der Waals surface area (Å²) in [5, 5.41) is 10.4. The van der Waals surface area contributed by atoms with Crippen molar-refractivity contribution in [1.29, 1.82) is 0 Å². The Balaban J connectivity index is 1.67. The minimum absolute atomic E-state index is 0.0572. The van der Waals surface area contributed by atoms with Gasteiger partial charge in [0.05, 0.1) is 37.7 Å². The number of ether oxygens (including phenoxy) is 4. The number of hydrazone groups is 1. The summed E-state index contributed by atoms with van der Waals surface area (Å²) in [6.07, 6.45) is 2.43. The first-order valence-corrected chi connectivity index (χ1v) is 13.0. The zero-order valence-electron chi connectivity index (χ0n) is 22.7. The zero-order chi connectivity index (χ0) is 28.4. The van der Waals surface area contributed by atoms with E-state index >= 15 is 0 Å². The average Bonchev–Trinajstić information content (AvgIpc) is 2.92. The van der Waals surface area contributed by atoms with Crippen LogP contribution in [0, 0.1) is 0 Å². The molecule has 1 amide bonds. The van der Waals surface area contributed by atoms with E-state index in [1.807, 2.05) is 26.0 Å². The topological polar surface area (TPSA) is 120 Å². The first-order valence-electron chi connectivity index (χ1n) is 12.6. The highest BCUT2D eigenvalue weighted by atomic mass is 32.1. The normalized spacial score (nSPS) is 15.7. The van der Waals surface area contributed by atoms with Crippen LogP contribution in [0.25, 0.3) is 0 Å². The van der Waals surface area contributed by atoms with Crippen LogP contribution < -0.4 is 30.3 Å².